The van der Waals surface area contributed by atoms with Crippen LogP contribution in [-0.2, 0) is 4.74 Å². The van der Waals surface area contributed by atoms with Crippen LogP contribution >= 0.6 is 12.2 Å². The molecule has 0 bridgehead atoms. The minimum atomic E-state index is -0.365. The van der Waals surface area contributed by atoms with Crippen LogP contribution in [0.1, 0.15) is 50.7 Å². The summed E-state index contributed by atoms with van der Waals surface area (Å²) in [5, 5.41) is 4.18. The average Bonchev–Trinajstić information content (AvgIpc) is 3.39. The first-order chi connectivity index (χ1) is 17.4. The van der Waals surface area contributed by atoms with Gasteiger partial charge in [0.15, 0.2) is 5.11 Å². The molecule has 182 valence electrons. The Bertz CT molecular complexity index is 1430. The van der Waals surface area contributed by atoms with Gasteiger partial charge in [-0.2, -0.15) is 0 Å². The number of para-hydroxylation sites is 1. The van der Waals surface area contributed by atoms with Crippen LogP contribution in [0.2, 0.25) is 0 Å². The topological polar surface area (TPSA) is 59.4 Å². The van der Waals surface area contributed by atoms with E-state index in [1.54, 1.807) is 6.07 Å². The smallest absolute Gasteiger partial charge is 0.339 e. The van der Waals surface area contributed by atoms with Crippen LogP contribution in [0, 0.1) is 20.8 Å². The van der Waals surface area contributed by atoms with E-state index >= 15 is 0 Å². The van der Waals surface area contributed by atoms with Gasteiger partial charge in [-0.1, -0.05) is 35.9 Å². The van der Waals surface area contributed by atoms with Crippen molar-refractivity contribution >= 4 is 29.0 Å². The molecule has 4 aromatic rings. The van der Waals surface area contributed by atoms with Crippen LogP contribution in [0.25, 0.3) is 5.69 Å². The minimum absolute atomic E-state index is 0.139. The first-order valence-corrected chi connectivity index (χ1v) is 12.3. The van der Waals surface area contributed by atoms with Gasteiger partial charge in [-0.25, -0.2) is 4.79 Å². The molecular weight excluding hydrogens is 468 g/mol. The Kier molecular flexibility index (Phi) is 6.33. The van der Waals surface area contributed by atoms with Crippen molar-refractivity contribution in [3.63, 3.8) is 0 Å². The molecule has 1 aliphatic rings. The fraction of sp³-hybridized carbons (Fsp3) is 0.207. The summed E-state index contributed by atoms with van der Waals surface area (Å²) in [6.45, 7) is 6.21. The third-order valence-corrected chi connectivity index (χ3v) is 7.06. The molecule has 36 heavy (non-hydrogen) atoms. The van der Waals surface area contributed by atoms with E-state index in [0.717, 1.165) is 34.0 Å². The lowest BCUT2D eigenvalue weighted by molar-refractivity contribution is 0.0600. The lowest BCUT2D eigenvalue weighted by Crippen LogP contribution is -2.29. The summed E-state index contributed by atoms with van der Waals surface area (Å²) in [4.78, 5) is 19.4. The zero-order chi connectivity index (χ0) is 25.4. The van der Waals surface area contributed by atoms with Crippen LogP contribution < -0.4 is 10.2 Å². The quantitative estimate of drug-likeness (QED) is 0.280. The maximum absolute atomic E-state index is 12.6. The second kappa shape index (κ2) is 9.59. The second-order valence-corrected chi connectivity index (χ2v) is 9.39. The highest BCUT2D eigenvalue weighted by molar-refractivity contribution is 7.80. The molecule has 0 amide bonds. The van der Waals surface area contributed by atoms with Crippen LogP contribution in [0.5, 0.6) is 0 Å². The highest BCUT2D eigenvalue weighted by Gasteiger charge is 2.42. The van der Waals surface area contributed by atoms with Crippen LogP contribution in [0.3, 0.4) is 0 Å². The fourth-order valence-corrected chi connectivity index (χ4v) is 5.41. The molecule has 5 rings (SSSR count). The molecule has 0 radical (unpaired) electrons. The summed E-state index contributed by atoms with van der Waals surface area (Å²) in [6, 6.07) is 23.7. The number of carbonyl (C=O) groups excluding carboxylic acids is 1. The van der Waals surface area contributed by atoms with Gasteiger partial charge in [0.25, 0.3) is 0 Å². The molecule has 2 aromatic heterocycles. The van der Waals surface area contributed by atoms with E-state index in [2.05, 4.69) is 70.9 Å². The number of aromatic nitrogens is 2. The highest BCUT2D eigenvalue weighted by Crippen LogP contribution is 2.43. The summed E-state index contributed by atoms with van der Waals surface area (Å²) < 4.78 is 7.18. The Morgan fingerprint density at radius 1 is 1.00 bits per heavy atom. The number of pyridine rings is 1. The number of rotatable bonds is 5. The molecule has 1 aliphatic heterocycles. The van der Waals surface area contributed by atoms with Crippen molar-refractivity contribution in [2.75, 3.05) is 12.0 Å². The largest absolute Gasteiger partial charge is 0.465 e. The number of ether oxygens (including phenoxy) is 1. The number of nitrogens with zero attached hydrogens (tertiary/aromatic N) is 3. The first kappa shape index (κ1) is 23.8. The summed E-state index contributed by atoms with van der Waals surface area (Å²) in [7, 11) is 1.40. The van der Waals surface area contributed by atoms with Gasteiger partial charge in [-0.3, -0.25) is 4.98 Å². The third kappa shape index (κ3) is 4.05. The Balaban J connectivity index is 1.69. The van der Waals surface area contributed by atoms with Gasteiger partial charge < -0.3 is 19.5 Å². The van der Waals surface area contributed by atoms with Crippen molar-refractivity contribution < 1.29 is 9.53 Å². The molecule has 2 aromatic carbocycles. The van der Waals surface area contributed by atoms with Gasteiger partial charge in [0.2, 0.25) is 0 Å². The Hall–Kier alpha value is -3.97. The van der Waals surface area contributed by atoms with Crippen molar-refractivity contribution in [3.8, 4) is 5.69 Å². The van der Waals surface area contributed by atoms with Crippen molar-refractivity contribution in [2.24, 2.45) is 0 Å². The molecule has 6 nitrogen and oxygen atoms in total. The molecule has 0 aliphatic carbocycles. The van der Waals surface area contributed by atoms with Crippen molar-refractivity contribution in [3.05, 3.63) is 113 Å². The molecule has 2 unspecified atom stereocenters. The van der Waals surface area contributed by atoms with Gasteiger partial charge in [0.1, 0.15) is 0 Å². The van der Waals surface area contributed by atoms with Crippen LogP contribution in [0.4, 0.5) is 5.69 Å². The predicted molar refractivity (Wildman–Crippen MR) is 146 cm³/mol. The second-order valence-electron chi connectivity index (χ2n) is 9.00. The van der Waals surface area contributed by atoms with Crippen molar-refractivity contribution in [1.29, 1.82) is 0 Å². The molecule has 0 spiro atoms. The van der Waals surface area contributed by atoms with Gasteiger partial charge >= 0.3 is 5.97 Å². The zero-order valence-corrected chi connectivity index (χ0v) is 21.5. The number of carbonyl (C=O) groups is 1. The van der Waals surface area contributed by atoms with E-state index < -0.39 is 0 Å². The van der Waals surface area contributed by atoms with E-state index in [9.17, 15) is 4.79 Å². The molecule has 7 heteroatoms. The van der Waals surface area contributed by atoms with Gasteiger partial charge in [-0.05, 0) is 81.0 Å². The normalized spacial score (nSPS) is 17.2. The van der Waals surface area contributed by atoms with Crippen molar-refractivity contribution in [1.82, 2.24) is 14.9 Å². The molecule has 0 saturated carbocycles. The van der Waals surface area contributed by atoms with Crippen LogP contribution in [-0.4, -0.2) is 27.7 Å². The number of hydrogen-bond donors (Lipinski definition) is 1. The molecular formula is C29H28N4O2S. The van der Waals surface area contributed by atoms with E-state index in [0.29, 0.717) is 10.7 Å². The number of methoxy groups -OCH3 is 1. The summed E-state index contributed by atoms with van der Waals surface area (Å²) in [5.41, 5.74) is 7.57. The Morgan fingerprint density at radius 3 is 2.42 bits per heavy atom. The number of aryl methyl sites for hydroxylation is 2. The molecule has 1 saturated heterocycles. The minimum Gasteiger partial charge on any atom is -0.465 e. The van der Waals surface area contributed by atoms with Gasteiger partial charge in [0, 0.05) is 23.3 Å². The maximum Gasteiger partial charge on any atom is 0.339 e. The van der Waals surface area contributed by atoms with Gasteiger partial charge in [-0.15, -0.1) is 0 Å². The summed E-state index contributed by atoms with van der Waals surface area (Å²) in [6.07, 6.45) is 1.81. The van der Waals surface area contributed by atoms with E-state index in [-0.39, 0.29) is 18.1 Å². The maximum atomic E-state index is 12.6. The van der Waals surface area contributed by atoms with Gasteiger partial charge in [0.05, 0.1) is 36.1 Å². The number of anilines is 1. The number of esters is 1. The SMILES string of the molecule is COC(=O)c1ccccc1-n1c(C)cc(C2C(c3ccccn3)NC(=S)N2c2ccc(C)cc2)c1C. The molecule has 1 N–H and O–H groups in total. The number of thiocarbonyl (C=S) groups is 1. The highest BCUT2D eigenvalue weighted by atomic mass is 32.1. The lowest BCUT2D eigenvalue weighted by Gasteiger charge is -2.28. The number of hydrogen-bond acceptors (Lipinski definition) is 4. The summed E-state index contributed by atoms with van der Waals surface area (Å²) in [5.74, 6) is -0.365. The third-order valence-electron chi connectivity index (χ3n) is 6.75. The Morgan fingerprint density at radius 2 is 1.72 bits per heavy atom. The van der Waals surface area contributed by atoms with E-state index in [4.69, 9.17) is 17.0 Å². The fourth-order valence-electron chi connectivity index (χ4n) is 5.06. The molecule has 1 fully saturated rings. The summed E-state index contributed by atoms with van der Waals surface area (Å²) >= 11 is 5.88. The van der Waals surface area contributed by atoms with E-state index in [1.165, 1.54) is 12.7 Å². The van der Waals surface area contributed by atoms with Crippen molar-refractivity contribution in [2.45, 2.75) is 32.9 Å². The Labute approximate surface area is 216 Å². The molecule has 2 atom stereocenters. The average molecular weight is 497 g/mol. The lowest BCUT2D eigenvalue weighted by atomic mass is 9.96. The molecule has 3 heterocycles. The number of benzene rings is 2. The predicted octanol–water partition coefficient (Wildman–Crippen LogP) is 5.76. The van der Waals surface area contributed by atoms with E-state index in [1.807, 2.05) is 42.6 Å². The number of nitrogens with one attached hydrogen (secondary N) is 1. The first-order valence-electron chi connectivity index (χ1n) is 11.8. The standard InChI is InChI=1S/C29H28N4O2S/c1-18-12-14-21(15-13-18)33-27(26(31-29(33)36)24-10-7-8-16-30-24)23-17-19(2)32(20(23)3)25-11-6-5-9-22(25)28(34)35-4/h5-17,26-27H,1-4H3,(H,31,36). The zero-order valence-electron chi connectivity index (χ0n) is 20.7. The van der Waals surface area contributed by atoms with Crippen LogP contribution in [0.15, 0.2) is 79.0 Å². The monoisotopic (exact) mass is 496 g/mol.